The second-order valence-corrected chi connectivity index (χ2v) is 6.60. The summed E-state index contributed by atoms with van der Waals surface area (Å²) in [4.78, 5) is 28.5. The minimum absolute atomic E-state index is 0.00560. The lowest BCUT2D eigenvalue weighted by molar-refractivity contribution is -0.152. The van der Waals surface area contributed by atoms with Crippen LogP contribution in [0.4, 0.5) is 4.79 Å². The van der Waals surface area contributed by atoms with Gasteiger partial charge in [0, 0.05) is 5.71 Å². The van der Waals surface area contributed by atoms with Crippen molar-refractivity contribution in [2.24, 2.45) is 10.9 Å². The van der Waals surface area contributed by atoms with E-state index in [1.165, 1.54) is 5.56 Å². The monoisotopic (exact) mass is 328 g/mol. The quantitative estimate of drug-likeness (QED) is 0.859. The van der Waals surface area contributed by atoms with E-state index in [0.29, 0.717) is 5.71 Å². The van der Waals surface area contributed by atoms with Crippen LogP contribution in [-0.4, -0.2) is 23.8 Å². The van der Waals surface area contributed by atoms with E-state index in [1.807, 2.05) is 24.3 Å². The molecule has 1 fully saturated rings. The van der Waals surface area contributed by atoms with Gasteiger partial charge in [0.1, 0.15) is 12.0 Å². The summed E-state index contributed by atoms with van der Waals surface area (Å²) in [6, 6.07) is 7.18. The number of rotatable bonds is 4. The highest BCUT2D eigenvalue weighted by Gasteiger charge is 2.39. The Kier molecular flexibility index (Phi) is 4.97. The summed E-state index contributed by atoms with van der Waals surface area (Å²) in [5, 5.41) is 2.83. The van der Waals surface area contributed by atoms with Crippen LogP contribution < -0.4 is 5.32 Å². The number of hydrogen-bond donors (Lipinski definition) is 1. The standard InChI is InChI=1S/C19H24N2O3/c1-3-13-8-10-14(11-9-13)17-16(12(2)20-19(23)21-17)18(22)24-15-6-4-5-7-15/h8-11,15-17H,3-7H2,1-2H3,(H,21,23). The number of amides is 2. The van der Waals surface area contributed by atoms with Crippen LogP contribution in [0.2, 0.25) is 0 Å². The van der Waals surface area contributed by atoms with E-state index in [4.69, 9.17) is 4.74 Å². The Morgan fingerprint density at radius 2 is 1.92 bits per heavy atom. The molecule has 1 saturated carbocycles. The zero-order valence-corrected chi connectivity index (χ0v) is 14.2. The predicted octanol–water partition coefficient (Wildman–Crippen LogP) is 3.58. The molecule has 0 aromatic heterocycles. The van der Waals surface area contributed by atoms with Gasteiger partial charge in [-0.1, -0.05) is 31.2 Å². The van der Waals surface area contributed by atoms with Crippen LogP contribution in [0.1, 0.15) is 56.7 Å². The van der Waals surface area contributed by atoms with Crippen LogP contribution in [-0.2, 0) is 16.0 Å². The zero-order chi connectivity index (χ0) is 17.1. The van der Waals surface area contributed by atoms with Crippen LogP contribution in [0.5, 0.6) is 0 Å². The largest absolute Gasteiger partial charge is 0.462 e. The smallest absolute Gasteiger partial charge is 0.341 e. The number of nitrogens with zero attached hydrogens (tertiary/aromatic N) is 1. The molecule has 0 bridgehead atoms. The second kappa shape index (κ2) is 7.16. The van der Waals surface area contributed by atoms with Crippen molar-refractivity contribution in [1.29, 1.82) is 0 Å². The number of nitrogens with one attached hydrogen (secondary N) is 1. The number of carbonyl (C=O) groups excluding carboxylic acids is 2. The van der Waals surface area contributed by atoms with Gasteiger partial charge < -0.3 is 10.1 Å². The van der Waals surface area contributed by atoms with Gasteiger partial charge in [0.25, 0.3) is 0 Å². The minimum atomic E-state index is -0.559. The van der Waals surface area contributed by atoms with Gasteiger partial charge in [0.2, 0.25) is 0 Å². The molecule has 2 atom stereocenters. The molecular weight excluding hydrogens is 304 g/mol. The minimum Gasteiger partial charge on any atom is -0.462 e. The van der Waals surface area contributed by atoms with Crippen molar-refractivity contribution in [2.45, 2.75) is 58.1 Å². The Balaban J connectivity index is 1.84. The number of hydrogen-bond acceptors (Lipinski definition) is 3. The van der Waals surface area contributed by atoms with Crippen molar-refractivity contribution < 1.29 is 14.3 Å². The first-order valence-corrected chi connectivity index (χ1v) is 8.73. The first-order valence-electron chi connectivity index (χ1n) is 8.73. The summed E-state index contributed by atoms with van der Waals surface area (Å²) in [5.74, 6) is -0.844. The van der Waals surface area contributed by atoms with Gasteiger partial charge in [-0.3, -0.25) is 4.79 Å². The average molecular weight is 328 g/mol. The van der Waals surface area contributed by atoms with E-state index in [1.54, 1.807) is 6.92 Å². The molecule has 24 heavy (non-hydrogen) atoms. The fourth-order valence-corrected chi connectivity index (χ4v) is 3.51. The number of carbonyl (C=O) groups is 2. The summed E-state index contributed by atoms with van der Waals surface area (Å²) in [5.41, 5.74) is 2.64. The van der Waals surface area contributed by atoms with Crippen LogP contribution in [0.15, 0.2) is 29.3 Å². The van der Waals surface area contributed by atoms with Gasteiger partial charge in [-0.15, -0.1) is 0 Å². The molecule has 0 radical (unpaired) electrons. The van der Waals surface area contributed by atoms with Gasteiger partial charge in [0.05, 0.1) is 6.04 Å². The first-order chi connectivity index (χ1) is 11.6. The first kappa shape index (κ1) is 16.7. The number of ether oxygens (including phenoxy) is 1. The number of aryl methyl sites for hydroxylation is 1. The third kappa shape index (κ3) is 3.50. The van der Waals surface area contributed by atoms with E-state index >= 15 is 0 Å². The van der Waals surface area contributed by atoms with Crippen molar-refractivity contribution in [3.63, 3.8) is 0 Å². The Hall–Kier alpha value is -2.17. The zero-order valence-electron chi connectivity index (χ0n) is 14.2. The van der Waals surface area contributed by atoms with Crippen molar-refractivity contribution >= 4 is 17.7 Å². The molecule has 2 aliphatic rings. The molecule has 1 aliphatic heterocycles. The summed E-state index contributed by atoms with van der Waals surface area (Å²) in [6.45, 7) is 3.82. The maximum Gasteiger partial charge on any atom is 0.341 e. The lowest BCUT2D eigenvalue weighted by atomic mass is 9.88. The molecular formula is C19H24N2O3. The maximum atomic E-state index is 12.7. The highest BCUT2D eigenvalue weighted by atomic mass is 16.5. The van der Waals surface area contributed by atoms with Gasteiger partial charge in [-0.2, -0.15) is 0 Å². The molecule has 1 N–H and O–H groups in total. The third-order valence-corrected chi connectivity index (χ3v) is 4.93. The highest BCUT2D eigenvalue weighted by molar-refractivity contribution is 6.08. The van der Waals surface area contributed by atoms with Crippen LogP contribution >= 0.6 is 0 Å². The van der Waals surface area contributed by atoms with Gasteiger partial charge in [-0.05, 0) is 50.2 Å². The molecule has 128 valence electrons. The third-order valence-electron chi connectivity index (χ3n) is 4.93. The van der Waals surface area contributed by atoms with Crippen LogP contribution in [0.3, 0.4) is 0 Å². The lowest BCUT2D eigenvalue weighted by Crippen LogP contribution is -2.44. The molecule has 2 unspecified atom stereocenters. The van der Waals surface area contributed by atoms with E-state index in [0.717, 1.165) is 37.7 Å². The Morgan fingerprint density at radius 1 is 1.25 bits per heavy atom. The summed E-state index contributed by atoms with van der Waals surface area (Å²) >= 11 is 0. The fourth-order valence-electron chi connectivity index (χ4n) is 3.51. The molecule has 0 saturated heterocycles. The molecule has 1 aliphatic carbocycles. The molecule has 2 amide bonds. The number of urea groups is 1. The van der Waals surface area contributed by atoms with E-state index in [-0.39, 0.29) is 12.1 Å². The van der Waals surface area contributed by atoms with Crippen molar-refractivity contribution in [1.82, 2.24) is 5.32 Å². The molecule has 1 aromatic rings. The van der Waals surface area contributed by atoms with Gasteiger partial charge in [0.15, 0.2) is 0 Å². The van der Waals surface area contributed by atoms with Crippen molar-refractivity contribution in [2.75, 3.05) is 0 Å². The van der Waals surface area contributed by atoms with Gasteiger partial charge in [-0.25, -0.2) is 9.79 Å². The summed E-state index contributed by atoms with van der Waals surface area (Å²) < 4.78 is 5.68. The number of esters is 1. The van der Waals surface area contributed by atoms with Crippen LogP contribution in [0.25, 0.3) is 0 Å². The molecule has 5 heteroatoms. The van der Waals surface area contributed by atoms with Crippen molar-refractivity contribution in [3.8, 4) is 0 Å². The summed E-state index contributed by atoms with van der Waals surface area (Å²) in [6.07, 6.45) is 5.02. The molecule has 5 nitrogen and oxygen atoms in total. The highest BCUT2D eigenvalue weighted by Crippen LogP contribution is 2.30. The topological polar surface area (TPSA) is 67.8 Å². The molecule has 1 aromatic carbocycles. The van der Waals surface area contributed by atoms with Crippen molar-refractivity contribution in [3.05, 3.63) is 35.4 Å². The number of aliphatic imine (C=N–C) groups is 1. The summed E-state index contributed by atoms with van der Waals surface area (Å²) in [7, 11) is 0. The maximum absolute atomic E-state index is 12.7. The van der Waals surface area contributed by atoms with E-state index in [9.17, 15) is 9.59 Å². The Labute approximate surface area is 142 Å². The van der Waals surface area contributed by atoms with Gasteiger partial charge >= 0.3 is 12.0 Å². The Morgan fingerprint density at radius 3 is 2.54 bits per heavy atom. The Bertz CT molecular complexity index is 645. The normalized spacial score (nSPS) is 24.4. The second-order valence-electron chi connectivity index (χ2n) is 6.60. The predicted molar refractivity (Wildman–Crippen MR) is 92.0 cm³/mol. The number of benzene rings is 1. The molecule has 1 heterocycles. The SMILES string of the molecule is CCc1ccc(C2NC(=O)N=C(C)C2C(=O)OC2CCCC2)cc1. The van der Waals surface area contributed by atoms with E-state index in [2.05, 4.69) is 17.2 Å². The fraction of sp³-hybridized carbons (Fsp3) is 0.526. The molecule has 0 spiro atoms. The molecule has 3 rings (SSSR count). The lowest BCUT2D eigenvalue weighted by Gasteiger charge is -2.30. The van der Waals surface area contributed by atoms with Crippen LogP contribution in [0, 0.1) is 5.92 Å². The van der Waals surface area contributed by atoms with E-state index < -0.39 is 18.0 Å². The average Bonchev–Trinajstić information content (AvgIpc) is 3.07.